The molecule has 0 amide bonds. The van der Waals surface area contributed by atoms with E-state index in [4.69, 9.17) is 5.11 Å². The van der Waals surface area contributed by atoms with Crippen molar-refractivity contribution in [3.63, 3.8) is 0 Å². The number of carbonyl (C=O) groups is 1. The largest absolute Gasteiger partial charge is 0.477 e. The van der Waals surface area contributed by atoms with Gasteiger partial charge in [0, 0.05) is 11.9 Å². The Kier molecular flexibility index (Phi) is 1.62. The molecule has 0 unspecified atom stereocenters. The molecule has 5 nitrogen and oxygen atoms in total. The molecule has 78 valence electrons. The van der Waals surface area contributed by atoms with Crippen LogP contribution in [0.1, 0.15) is 23.3 Å². The first-order chi connectivity index (χ1) is 7.25. The van der Waals surface area contributed by atoms with Gasteiger partial charge in [0.15, 0.2) is 0 Å². The predicted molar refractivity (Wildman–Crippen MR) is 53.8 cm³/mol. The van der Waals surface area contributed by atoms with E-state index in [2.05, 4.69) is 10.2 Å². The van der Waals surface area contributed by atoms with Gasteiger partial charge in [0.1, 0.15) is 11.3 Å². The molecule has 1 fully saturated rings. The van der Waals surface area contributed by atoms with Gasteiger partial charge in [-0.1, -0.05) is 0 Å². The Hall–Kier alpha value is -1.78. The smallest absolute Gasteiger partial charge is 0.352 e. The van der Waals surface area contributed by atoms with Gasteiger partial charge in [0.25, 0.3) is 0 Å². The molecule has 2 aromatic heterocycles. The normalized spacial score (nSPS) is 16.0. The first kappa shape index (κ1) is 8.52. The highest BCUT2D eigenvalue weighted by molar-refractivity contribution is 5.93. The summed E-state index contributed by atoms with van der Waals surface area (Å²) >= 11 is 0. The minimum atomic E-state index is -0.875. The van der Waals surface area contributed by atoms with Crippen molar-refractivity contribution in [2.45, 2.75) is 19.4 Å². The summed E-state index contributed by atoms with van der Waals surface area (Å²) < 4.78 is 1.82. The fourth-order valence-electron chi connectivity index (χ4n) is 1.88. The number of hydrogen-bond donors (Lipinski definition) is 2. The van der Waals surface area contributed by atoms with Crippen molar-refractivity contribution in [1.82, 2.24) is 14.8 Å². The molecule has 0 aliphatic heterocycles. The Morgan fingerprint density at radius 1 is 1.67 bits per heavy atom. The number of nitrogens with zero attached hydrogens (tertiary/aromatic N) is 2. The summed E-state index contributed by atoms with van der Waals surface area (Å²) in [7, 11) is 0. The fourth-order valence-corrected chi connectivity index (χ4v) is 1.88. The number of carboxylic acid groups (broad SMARTS) is 1. The van der Waals surface area contributed by atoms with E-state index in [1.165, 1.54) is 12.8 Å². The summed E-state index contributed by atoms with van der Waals surface area (Å²) in [6.07, 6.45) is 4.06. The minimum Gasteiger partial charge on any atom is -0.477 e. The lowest BCUT2D eigenvalue weighted by atomic mass is 10.3. The second kappa shape index (κ2) is 2.85. The van der Waals surface area contributed by atoms with Crippen molar-refractivity contribution in [2.75, 3.05) is 0 Å². The summed E-state index contributed by atoms with van der Waals surface area (Å²) in [5.41, 5.74) is 1.17. The molecule has 2 N–H and O–H groups in total. The quantitative estimate of drug-likeness (QED) is 0.797. The Morgan fingerprint density at radius 2 is 2.47 bits per heavy atom. The minimum absolute atomic E-state index is 0.352. The third-order valence-electron chi connectivity index (χ3n) is 2.86. The van der Waals surface area contributed by atoms with E-state index >= 15 is 0 Å². The van der Waals surface area contributed by atoms with Crippen molar-refractivity contribution in [3.05, 3.63) is 18.0 Å². The predicted octanol–water partition coefficient (Wildman–Crippen LogP) is 1.47. The molecular formula is C10H11N3O2. The van der Waals surface area contributed by atoms with Crippen molar-refractivity contribution < 1.29 is 9.90 Å². The molecule has 0 aromatic carbocycles. The average molecular weight is 205 g/mol. The highest BCUT2D eigenvalue weighted by Crippen LogP contribution is 2.32. The van der Waals surface area contributed by atoms with Crippen LogP contribution in [0.15, 0.2) is 12.3 Å². The number of hydrogen-bond acceptors (Lipinski definition) is 2. The molecular weight excluding hydrogens is 194 g/mol. The average Bonchev–Trinajstić information content (AvgIpc) is 2.76. The van der Waals surface area contributed by atoms with Gasteiger partial charge in [-0.2, -0.15) is 5.10 Å². The number of fused-ring (bicyclic) bond motifs is 1. The van der Waals surface area contributed by atoms with Crippen molar-refractivity contribution in [1.29, 1.82) is 0 Å². The van der Waals surface area contributed by atoms with Crippen molar-refractivity contribution >= 4 is 17.0 Å². The highest BCUT2D eigenvalue weighted by Gasteiger charge is 2.25. The lowest BCUT2D eigenvalue weighted by Crippen LogP contribution is -2.09. The monoisotopic (exact) mass is 205 g/mol. The van der Waals surface area contributed by atoms with Gasteiger partial charge >= 0.3 is 5.97 Å². The Bertz CT molecular complexity index is 522. The lowest BCUT2D eigenvalue weighted by molar-refractivity contribution is 0.0685. The van der Waals surface area contributed by atoms with Gasteiger partial charge in [0.2, 0.25) is 0 Å². The van der Waals surface area contributed by atoms with Crippen LogP contribution in [-0.2, 0) is 6.54 Å². The van der Waals surface area contributed by atoms with Gasteiger partial charge in [-0.15, -0.1) is 0 Å². The molecule has 0 radical (unpaired) electrons. The van der Waals surface area contributed by atoms with E-state index in [0.29, 0.717) is 11.6 Å². The molecule has 15 heavy (non-hydrogen) atoms. The summed E-state index contributed by atoms with van der Waals surface area (Å²) in [4.78, 5) is 11.0. The molecule has 0 spiro atoms. The van der Waals surface area contributed by atoms with E-state index in [-0.39, 0.29) is 0 Å². The van der Waals surface area contributed by atoms with Crippen molar-refractivity contribution in [3.8, 4) is 0 Å². The lowest BCUT2D eigenvalue weighted by Gasteiger charge is -2.04. The first-order valence-corrected chi connectivity index (χ1v) is 5.01. The van der Waals surface area contributed by atoms with Crippen LogP contribution in [0.5, 0.6) is 0 Å². The van der Waals surface area contributed by atoms with Crippen LogP contribution in [-0.4, -0.2) is 25.8 Å². The van der Waals surface area contributed by atoms with Gasteiger partial charge in [-0.25, -0.2) is 4.79 Å². The zero-order valence-corrected chi connectivity index (χ0v) is 8.10. The molecule has 3 rings (SSSR count). The van der Waals surface area contributed by atoms with Crippen LogP contribution < -0.4 is 0 Å². The van der Waals surface area contributed by atoms with Gasteiger partial charge < -0.3 is 9.67 Å². The van der Waals surface area contributed by atoms with Crippen LogP contribution in [0.4, 0.5) is 0 Å². The van der Waals surface area contributed by atoms with Crippen LogP contribution in [0.2, 0.25) is 0 Å². The molecule has 5 heteroatoms. The number of aromatic carboxylic acids is 1. The Labute approximate surface area is 85.7 Å². The van der Waals surface area contributed by atoms with Crippen LogP contribution in [0.25, 0.3) is 11.0 Å². The maximum absolute atomic E-state index is 11.0. The third kappa shape index (κ3) is 1.31. The number of H-pyrrole nitrogens is 1. The zero-order valence-electron chi connectivity index (χ0n) is 8.10. The first-order valence-electron chi connectivity index (χ1n) is 5.01. The highest BCUT2D eigenvalue weighted by atomic mass is 16.4. The third-order valence-corrected chi connectivity index (χ3v) is 2.86. The summed E-state index contributed by atoms with van der Waals surface area (Å²) in [5.74, 6) is -0.234. The van der Waals surface area contributed by atoms with Gasteiger partial charge in [0.05, 0.1) is 6.20 Å². The van der Waals surface area contributed by atoms with E-state index in [1.54, 1.807) is 12.3 Å². The van der Waals surface area contributed by atoms with Crippen molar-refractivity contribution in [2.24, 2.45) is 5.92 Å². The van der Waals surface area contributed by atoms with Gasteiger partial charge in [-0.3, -0.25) is 5.10 Å². The standard InChI is InChI=1S/C10H11N3O2/c14-10(15)8-3-7-4-11-12-9(7)13(8)5-6-1-2-6/h3-4,6H,1-2,5H2,(H,11,12)(H,14,15). The molecule has 1 aliphatic carbocycles. The molecule has 0 bridgehead atoms. The van der Waals surface area contributed by atoms with E-state index in [0.717, 1.165) is 17.6 Å². The number of carboxylic acids is 1. The Morgan fingerprint density at radius 3 is 3.13 bits per heavy atom. The van der Waals surface area contributed by atoms with Crippen LogP contribution >= 0.6 is 0 Å². The molecule has 2 heterocycles. The SMILES string of the molecule is O=C(O)c1cc2cn[nH]c2n1CC1CC1. The fraction of sp³-hybridized carbons (Fsp3) is 0.400. The van der Waals surface area contributed by atoms with Crippen LogP contribution in [0, 0.1) is 5.92 Å². The summed E-state index contributed by atoms with van der Waals surface area (Å²) in [5, 5.41) is 16.7. The van der Waals surface area contributed by atoms with Gasteiger partial charge in [-0.05, 0) is 24.8 Å². The Balaban J connectivity index is 2.14. The van der Waals surface area contributed by atoms with Crippen LogP contribution in [0.3, 0.4) is 0 Å². The maximum atomic E-state index is 11.0. The number of nitrogens with one attached hydrogen (secondary N) is 1. The second-order valence-corrected chi connectivity index (χ2v) is 4.06. The summed E-state index contributed by atoms with van der Waals surface area (Å²) in [6.45, 7) is 0.785. The molecule has 2 aromatic rings. The van der Waals surface area contributed by atoms with E-state index in [1.807, 2.05) is 4.57 Å². The molecule has 0 atom stereocenters. The number of aromatic nitrogens is 3. The summed E-state index contributed by atoms with van der Waals surface area (Å²) in [6, 6.07) is 1.67. The second-order valence-electron chi connectivity index (χ2n) is 4.06. The van der Waals surface area contributed by atoms with E-state index < -0.39 is 5.97 Å². The number of rotatable bonds is 3. The molecule has 0 saturated heterocycles. The maximum Gasteiger partial charge on any atom is 0.352 e. The molecule has 1 aliphatic rings. The number of aromatic amines is 1. The zero-order chi connectivity index (χ0) is 10.4. The topological polar surface area (TPSA) is 70.9 Å². The van der Waals surface area contributed by atoms with E-state index in [9.17, 15) is 4.79 Å². The molecule has 1 saturated carbocycles.